The summed E-state index contributed by atoms with van der Waals surface area (Å²) in [5, 5.41) is 13.0. The van der Waals surface area contributed by atoms with E-state index in [4.69, 9.17) is 4.74 Å². The number of methoxy groups -OCH3 is 1. The molecule has 0 fully saturated rings. The quantitative estimate of drug-likeness (QED) is 0.820. The minimum absolute atomic E-state index is 0.0623. The Morgan fingerprint density at radius 2 is 1.96 bits per heavy atom. The number of aliphatic hydroxyl groups excluding tert-OH is 1. The normalized spacial score (nSPS) is 13.2. The van der Waals surface area contributed by atoms with Crippen molar-refractivity contribution in [3.8, 4) is 5.75 Å². The Kier molecular flexibility index (Phi) is 6.38. The van der Waals surface area contributed by atoms with Gasteiger partial charge in [-0.15, -0.1) is 0 Å². The molecule has 2 aromatic rings. The smallest absolute Gasteiger partial charge is 0.220 e. The van der Waals surface area contributed by atoms with Gasteiger partial charge >= 0.3 is 0 Å². The van der Waals surface area contributed by atoms with Crippen molar-refractivity contribution in [2.75, 3.05) is 13.7 Å². The number of amides is 1. The molecule has 0 aliphatic rings. The van der Waals surface area contributed by atoms with Gasteiger partial charge in [-0.1, -0.05) is 43.3 Å². The first kappa shape index (κ1) is 18.0. The minimum Gasteiger partial charge on any atom is -0.497 e. The number of rotatable bonds is 7. The molecule has 0 bridgehead atoms. The molecule has 0 saturated heterocycles. The van der Waals surface area contributed by atoms with Crippen LogP contribution in [0.4, 0.5) is 0 Å². The molecule has 2 N–H and O–H groups in total. The van der Waals surface area contributed by atoms with Gasteiger partial charge in [0.25, 0.3) is 0 Å². The molecule has 1 amide bonds. The predicted octanol–water partition coefficient (Wildman–Crippen LogP) is 3.35. The molecule has 128 valence electrons. The van der Waals surface area contributed by atoms with Crippen LogP contribution in [-0.2, 0) is 4.79 Å². The molecular weight excluding hydrogens is 302 g/mol. The van der Waals surface area contributed by atoms with Crippen LogP contribution in [0.25, 0.3) is 0 Å². The maximum atomic E-state index is 12.2. The number of aliphatic hydroxyl groups is 1. The number of benzene rings is 2. The topological polar surface area (TPSA) is 58.6 Å². The monoisotopic (exact) mass is 327 g/mol. The average molecular weight is 327 g/mol. The van der Waals surface area contributed by atoms with Crippen molar-refractivity contribution in [3.63, 3.8) is 0 Å². The number of hydrogen-bond acceptors (Lipinski definition) is 3. The molecule has 4 nitrogen and oxygen atoms in total. The van der Waals surface area contributed by atoms with Crippen molar-refractivity contribution in [2.45, 2.75) is 32.3 Å². The summed E-state index contributed by atoms with van der Waals surface area (Å²) in [4.78, 5) is 12.2. The van der Waals surface area contributed by atoms with Crippen LogP contribution in [0.3, 0.4) is 0 Å². The van der Waals surface area contributed by atoms with Crippen molar-refractivity contribution in [2.24, 2.45) is 0 Å². The van der Waals surface area contributed by atoms with Gasteiger partial charge < -0.3 is 15.2 Å². The molecule has 2 atom stereocenters. The summed E-state index contributed by atoms with van der Waals surface area (Å²) in [6, 6.07) is 15.3. The van der Waals surface area contributed by atoms with Crippen LogP contribution in [-0.4, -0.2) is 24.7 Å². The first-order valence-electron chi connectivity index (χ1n) is 8.15. The van der Waals surface area contributed by atoms with Crippen LogP contribution in [0.2, 0.25) is 0 Å². The third-order valence-corrected chi connectivity index (χ3v) is 4.18. The summed E-state index contributed by atoms with van der Waals surface area (Å²) in [5.41, 5.74) is 3.09. The average Bonchev–Trinajstić information content (AvgIpc) is 2.60. The zero-order chi connectivity index (χ0) is 17.5. The summed E-state index contributed by atoms with van der Waals surface area (Å²) in [6.45, 7) is 4.28. The van der Waals surface area contributed by atoms with Gasteiger partial charge in [-0.2, -0.15) is 0 Å². The van der Waals surface area contributed by atoms with E-state index >= 15 is 0 Å². The lowest BCUT2D eigenvalue weighted by molar-refractivity contribution is -0.121. The molecule has 24 heavy (non-hydrogen) atoms. The van der Waals surface area contributed by atoms with E-state index < -0.39 is 6.10 Å². The van der Waals surface area contributed by atoms with Gasteiger partial charge in [0.15, 0.2) is 0 Å². The highest BCUT2D eigenvalue weighted by atomic mass is 16.5. The lowest BCUT2D eigenvalue weighted by Gasteiger charge is -2.16. The molecule has 0 aliphatic carbocycles. The molecule has 0 aromatic heterocycles. The number of aryl methyl sites for hydroxylation is 1. The first-order chi connectivity index (χ1) is 11.5. The second kappa shape index (κ2) is 8.50. The number of hydrogen-bond donors (Lipinski definition) is 2. The molecule has 0 spiro atoms. The van der Waals surface area contributed by atoms with Crippen LogP contribution in [0.1, 0.15) is 42.1 Å². The zero-order valence-electron chi connectivity index (χ0n) is 14.5. The van der Waals surface area contributed by atoms with Crippen molar-refractivity contribution in [1.82, 2.24) is 5.32 Å². The van der Waals surface area contributed by atoms with Gasteiger partial charge in [-0.3, -0.25) is 4.79 Å². The van der Waals surface area contributed by atoms with E-state index in [1.807, 2.05) is 37.3 Å². The van der Waals surface area contributed by atoms with Gasteiger partial charge in [0, 0.05) is 13.0 Å². The SMILES string of the molecule is COc1cccc(C(O)CNC(=O)CC(C)c2ccccc2C)c1. The molecule has 2 aromatic carbocycles. The summed E-state index contributed by atoms with van der Waals surface area (Å²) < 4.78 is 5.14. The van der Waals surface area contributed by atoms with E-state index in [-0.39, 0.29) is 18.4 Å². The molecule has 2 rings (SSSR count). The molecule has 2 unspecified atom stereocenters. The van der Waals surface area contributed by atoms with E-state index in [0.717, 1.165) is 5.56 Å². The molecule has 4 heteroatoms. The van der Waals surface area contributed by atoms with Crippen molar-refractivity contribution in [1.29, 1.82) is 0 Å². The second-order valence-electron chi connectivity index (χ2n) is 6.06. The molecule has 0 aliphatic heterocycles. The lowest BCUT2D eigenvalue weighted by Crippen LogP contribution is -2.29. The number of nitrogens with one attached hydrogen (secondary N) is 1. The van der Waals surface area contributed by atoms with Crippen LogP contribution in [0.5, 0.6) is 5.75 Å². The fourth-order valence-electron chi connectivity index (χ4n) is 2.78. The Morgan fingerprint density at radius 1 is 1.21 bits per heavy atom. The van der Waals surface area contributed by atoms with Gasteiger partial charge in [0.2, 0.25) is 5.91 Å². The van der Waals surface area contributed by atoms with Crippen LogP contribution >= 0.6 is 0 Å². The second-order valence-corrected chi connectivity index (χ2v) is 6.06. The largest absolute Gasteiger partial charge is 0.497 e. The minimum atomic E-state index is -0.752. The third-order valence-electron chi connectivity index (χ3n) is 4.18. The maximum Gasteiger partial charge on any atom is 0.220 e. The summed E-state index contributed by atoms with van der Waals surface area (Å²) in [5.74, 6) is 0.763. The van der Waals surface area contributed by atoms with Crippen molar-refractivity contribution >= 4 is 5.91 Å². The fourth-order valence-corrected chi connectivity index (χ4v) is 2.78. The number of ether oxygens (including phenoxy) is 1. The Labute approximate surface area is 143 Å². The predicted molar refractivity (Wildman–Crippen MR) is 95.2 cm³/mol. The zero-order valence-corrected chi connectivity index (χ0v) is 14.5. The third kappa shape index (κ3) is 4.83. The Hall–Kier alpha value is -2.33. The highest BCUT2D eigenvalue weighted by Crippen LogP contribution is 2.22. The highest BCUT2D eigenvalue weighted by molar-refractivity contribution is 5.76. The molecule has 0 saturated carbocycles. The maximum absolute atomic E-state index is 12.2. The Morgan fingerprint density at radius 3 is 2.67 bits per heavy atom. The highest BCUT2D eigenvalue weighted by Gasteiger charge is 2.15. The van der Waals surface area contributed by atoms with Gasteiger partial charge in [-0.05, 0) is 41.7 Å². The Bertz CT molecular complexity index is 684. The van der Waals surface area contributed by atoms with Crippen LogP contribution in [0.15, 0.2) is 48.5 Å². The van der Waals surface area contributed by atoms with Crippen LogP contribution < -0.4 is 10.1 Å². The number of carbonyl (C=O) groups excluding carboxylic acids is 1. The van der Waals surface area contributed by atoms with E-state index in [1.54, 1.807) is 13.2 Å². The van der Waals surface area contributed by atoms with E-state index in [0.29, 0.717) is 12.2 Å². The fraction of sp³-hybridized carbons (Fsp3) is 0.350. The Balaban J connectivity index is 1.87. The van der Waals surface area contributed by atoms with Gasteiger partial charge in [0.1, 0.15) is 5.75 Å². The van der Waals surface area contributed by atoms with Crippen molar-refractivity contribution in [3.05, 3.63) is 65.2 Å². The van der Waals surface area contributed by atoms with Gasteiger partial charge in [0.05, 0.1) is 13.2 Å². The van der Waals surface area contributed by atoms with Crippen LogP contribution in [0, 0.1) is 6.92 Å². The summed E-state index contributed by atoms with van der Waals surface area (Å²) in [7, 11) is 1.58. The molecule has 0 radical (unpaired) electrons. The van der Waals surface area contributed by atoms with E-state index in [9.17, 15) is 9.90 Å². The summed E-state index contributed by atoms with van der Waals surface area (Å²) in [6.07, 6.45) is -0.354. The molecular formula is C20H25NO3. The number of carbonyl (C=O) groups is 1. The standard InChI is InChI=1S/C20H25NO3/c1-14-7-4-5-10-18(14)15(2)11-20(23)21-13-19(22)16-8-6-9-17(12-16)24-3/h4-10,12,15,19,22H,11,13H2,1-3H3,(H,21,23). The van der Waals surface area contributed by atoms with E-state index in [1.165, 1.54) is 11.1 Å². The van der Waals surface area contributed by atoms with E-state index in [2.05, 4.69) is 24.4 Å². The summed E-state index contributed by atoms with van der Waals surface area (Å²) >= 11 is 0. The van der Waals surface area contributed by atoms with Crippen molar-refractivity contribution < 1.29 is 14.6 Å². The lowest BCUT2D eigenvalue weighted by atomic mass is 9.93. The first-order valence-corrected chi connectivity index (χ1v) is 8.15. The van der Waals surface area contributed by atoms with Gasteiger partial charge in [-0.25, -0.2) is 0 Å². The molecule has 0 heterocycles.